The lowest BCUT2D eigenvalue weighted by atomic mass is 9.82. The fourth-order valence-corrected chi connectivity index (χ4v) is 8.06. The Morgan fingerprint density at radius 2 is 1.10 bits per heavy atom. The van der Waals surface area contributed by atoms with Crippen molar-refractivity contribution in [1.29, 1.82) is 0 Å². The molecule has 1 rings (SSSR count). The fourth-order valence-electron chi connectivity index (χ4n) is 8.06. The quantitative estimate of drug-likeness (QED) is 0.0470. The van der Waals surface area contributed by atoms with Crippen LogP contribution in [0.3, 0.4) is 0 Å². The molecule has 0 aromatic heterocycles. The molecular weight excluding hydrogens is 634 g/mol. The molecule has 0 aromatic carbocycles. The van der Waals surface area contributed by atoms with E-state index in [2.05, 4.69) is 25.7 Å². The third-order valence-corrected chi connectivity index (χ3v) is 11.3. The summed E-state index contributed by atoms with van der Waals surface area (Å²) < 4.78 is 17.1. The van der Waals surface area contributed by atoms with Gasteiger partial charge in [0, 0.05) is 32.5 Å². The molecule has 0 amide bonds. The van der Waals surface area contributed by atoms with Gasteiger partial charge in [0.15, 0.2) is 0 Å². The lowest BCUT2D eigenvalue weighted by Gasteiger charge is -2.42. The summed E-state index contributed by atoms with van der Waals surface area (Å²) in [5.41, 5.74) is 0. The van der Waals surface area contributed by atoms with Gasteiger partial charge in [-0.05, 0) is 83.1 Å². The molecule has 0 spiro atoms. The van der Waals surface area contributed by atoms with E-state index < -0.39 is 0 Å². The number of hydrogen-bond acceptors (Lipinski definition) is 6. The smallest absolute Gasteiger partial charge is 0.306 e. The van der Waals surface area contributed by atoms with Crippen LogP contribution in [-0.2, 0) is 23.8 Å². The Bertz CT molecular complexity index is 760. The standard InChI is InChI=1S/C45H87NO5/c1-5-8-11-14-17-20-28-39-50-44(47)35-27-26-30-41-31-29-37-46(38-40-49-4)43(41)34-24-21-25-36-45(48)51-42(32-22-18-15-12-9-6-2)33-23-19-16-13-10-7-3/h41-43H,5-40H2,1-4H3. The SMILES string of the molecule is CCCCCCCCCOC(=O)CCCCC1CCCN(CCOC)C1CCCCCC(=O)OC(CCCCCCCC)CCCCCCCC. The van der Waals surface area contributed by atoms with Crippen molar-refractivity contribution in [3.8, 4) is 0 Å². The Labute approximate surface area is 317 Å². The molecule has 1 aliphatic heterocycles. The number of likely N-dealkylation sites (tertiary alicyclic amines) is 1. The zero-order chi connectivity index (χ0) is 37.0. The number of ether oxygens (including phenoxy) is 3. The van der Waals surface area contributed by atoms with Gasteiger partial charge in [-0.2, -0.15) is 0 Å². The van der Waals surface area contributed by atoms with Crippen LogP contribution in [0.1, 0.15) is 226 Å². The van der Waals surface area contributed by atoms with Gasteiger partial charge in [-0.25, -0.2) is 0 Å². The number of rotatable bonds is 37. The van der Waals surface area contributed by atoms with Gasteiger partial charge in [0.2, 0.25) is 0 Å². The van der Waals surface area contributed by atoms with Crippen LogP contribution < -0.4 is 0 Å². The molecule has 0 aliphatic carbocycles. The van der Waals surface area contributed by atoms with Crippen LogP contribution in [0.2, 0.25) is 0 Å². The molecule has 1 fully saturated rings. The summed E-state index contributed by atoms with van der Waals surface area (Å²) in [5.74, 6) is 0.682. The zero-order valence-electron chi connectivity index (χ0n) is 34.7. The van der Waals surface area contributed by atoms with Gasteiger partial charge in [0.25, 0.3) is 0 Å². The van der Waals surface area contributed by atoms with Crippen LogP contribution >= 0.6 is 0 Å². The molecular formula is C45H87NO5. The Morgan fingerprint density at radius 3 is 1.71 bits per heavy atom. The largest absolute Gasteiger partial charge is 0.466 e. The van der Waals surface area contributed by atoms with Crippen LogP contribution in [0.5, 0.6) is 0 Å². The summed E-state index contributed by atoms with van der Waals surface area (Å²) in [7, 11) is 1.80. The maximum atomic E-state index is 12.9. The van der Waals surface area contributed by atoms with Crippen molar-refractivity contribution in [2.75, 3.05) is 33.4 Å². The predicted octanol–water partition coefficient (Wildman–Crippen LogP) is 12.9. The average Bonchev–Trinajstić information content (AvgIpc) is 3.13. The maximum absolute atomic E-state index is 12.9. The van der Waals surface area contributed by atoms with Crippen LogP contribution in [-0.4, -0.2) is 62.4 Å². The Hall–Kier alpha value is -1.14. The van der Waals surface area contributed by atoms with E-state index >= 15 is 0 Å². The van der Waals surface area contributed by atoms with Gasteiger partial charge < -0.3 is 14.2 Å². The normalized spacial score (nSPS) is 16.6. The van der Waals surface area contributed by atoms with Crippen molar-refractivity contribution in [3.63, 3.8) is 0 Å². The molecule has 302 valence electrons. The van der Waals surface area contributed by atoms with Gasteiger partial charge in [0.05, 0.1) is 13.2 Å². The van der Waals surface area contributed by atoms with Crippen LogP contribution in [0.15, 0.2) is 0 Å². The lowest BCUT2D eigenvalue weighted by Crippen LogP contribution is -2.46. The summed E-state index contributed by atoms with van der Waals surface area (Å²) in [6.45, 7) is 10.3. The predicted molar refractivity (Wildman–Crippen MR) is 216 cm³/mol. The van der Waals surface area contributed by atoms with E-state index in [-0.39, 0.29) is 18.0 Å². The molecule has 6 heteroatoms. The van der Waals surface area contributed by atoms with E-state index in [4.69, 9.17) is 14.2 Å². The molecule has 0 aromatic rings. The van der Waals surface area contributed by atoms with Crippen molar-refractivity contribution in [3.05, 3.63) is 0 Å². The zero-order valence-corrected chi connectivity index (χ0v) is 34.7. The third-order valence-electron chi connectivity index (χ3n) is 11.3. The second-order valence-electron chi connectivity index (χ2n) is 15.9. The number of nitrogens with zero attached hydrogens (tertiary/aromatic N) is 1. The second kappa shape index (κ2) is 35.9. The van der Waals surface area contributed by atoms with E-state index in [1.807, 2.05) is 0 Å². The molecule has 2 unspecified atom stereocenters. The number of piperidine rings is 1. The Balaban J connectivity index is 2.41. The van der Waals surface area contributed by atoms with Crippen molar-refractivity contribution >= 4 is 11.9 Å². The maximum Gasteiger partial charge on any atom is 0.306 e. The van der Waals surface area contributed by atoms with Gasteiger partial charge in [-0.15, -0.1) is 0 Å². The van der Waals surface area contributed by atoms with Crippen molar-refractivity contribution < 1.29 is 23.8 Å². The fraction of sp³-hybridized carbons (Fsp3) is 0.956. The topological polar surface area (TPSA) is 65.1 Å². The van der Waals surface area contributed by atoms with E-state index in [0.29, 0.717) is 31.4 Å². The summed E-state index contributed by atoms with van der Waals surface area (Å²) in [6.07, 6.45) is 37.5. The number of unbranched alkanes of at least 4 members (excludes halogenated alkanes) is 19. The lowest BCUT2D eigenvalue weighted by molar-refractivity contribution is -0.150. The Morgan fingerprint density at radius 1 is 0.588 bits per heavy atom. The number of esters is 2. The summed E-state index contributed by atoms with van der Waals surface area (Å²) in [5, 5.41) is 0. The number of hydrogen-bond donors (Lipinski definition) is 0. The highest BCUT2D eigenvalue weighted by molar-refractivity contribution is 5.69. The van der Waals surface area contributed by atoms with Gasteiger partial charge in [-0.1, -0.05) is 143 Å². The minimum absolute atomic E-state index is 0.0161. The first-order chi connectivity index (χ1) is 25.0. The highest BCUT2D eigenvalue weighted by Gasteiger charge is 2.30. The minimum atomic E-state index is -0.0161. The highest BCUT2D eigenvalue weighted by atomic mass is 16.5. The molecule has 0 bridgehead atoms. The van der Waals surface area contributed by atoms with E-state index in [9.17, 15) is 9.59 Å². The molecule has 0 N–H and O–H groups in total. The highest BCUT2D eigenvalue weighted by Crippen LogP contribution is 2.31. The van der Waals surface area contributed by atoms with Crippen molar-refractivity contribution in [1.82, 2.24) is 4.90 Å². The van der Waals surface area contributed by atoms with Crippen molar-refractivity contribution in [2.45, 2.75) is 238 Å². The molecule has 1 aliphatic rings. The van der Waals surface area contributed by atoms with Gasteiger partial charge in [0.1, 0.15) is 6.10 Å². The van der Waals surface area contributed by atoms with Crippen LogP contribution in [0.4, 0.5) is 0 Å². The Kier molecular flexibility index (Phi) is 33.7. The van der Waals surface area contributed by atoms with Gasteiger partial charge in [-0.3, -0.25) is 14.5 Å². The molecule has 1 heterocycles. The first-order valence-corrected chi connectivity index (χ1v) is 22.6. The molecule has 0 saturated carbocycles. The first-order valence-electron chi connectivity index (χ1n) is 22.6. The molecule has 1 saturated heterocycles. The number of carbonyl (C=O) groups excluding carboxylic acids is 2. The summed E-state index contributed by atoms with van der Waals surface area (Å²) in [6, 6.07) is 0.573. The molecule has 6 nitrogen and oxygen atoms in total. The molecule has 51 heavy (non-hydrogen) atoms. The summed E-state index contributed by atoms with van der Waals surface area (Å²) in [4.78, 5) is 27.9. The third kappa shape index (κ3) is 28.0. The first kappa shape index (κ1) is 47.9. The van der Waals surface area contributed by atoms with Crippen LogP contribution in [0.25, 0.3) is 0 Å². The monoisotopic (exact) mass is 722 g/mol. The van der Waals surface area contributed by atoms with Gasteiger partial charge >= 0.3 is 11.9 Å². The van der Waals surface area contributed by atoms with Crippen LogP contribution in [0, 0.1) is 5.92 Å². The minimum Gasteiger partial charge on any atom is -0.466 e. The molecule has 2 atom stereocenters. The number of methoxy groups -OCH3 is 1. The van der Waals surface area contributed by atoms with E-state index in [1.54, 1.807) is 7.11 Å². The summed E-state index contributed by atoms with van der Waals surface area (Å²) >= 11 is 0. The number of carbonyl (C=O) groups is 2. The van der Waals surface area contributed by atoms with E-state index in [1.165, 1.54) is 141 Å². The van der Waals surface area contributed by atoms with E-state index in [0.717, 1.165) is 71.1 Å². The average molecular weight is 722 g/mol. The molecule has 0 radical (unpaired) electrons. The van der Waals surface area contributed by atoms with Crippen molar-refractivity contribution in [2.24, 2.45) is 5.92 Å². The second-order valence-corrected chi connectivity index (χ2v) is 15.9.